The number of benzene rings is 1. The summed E-state index contributed by atoms with van der Waals surface area (Å²) in [6, 6.07) is 9.66. The lowest BCUT2D eigenvalue weighted by Crippen LogP contribution is -1.96. The van der Waals surface area contributed by atoms with Crippen molar-refractivity contribution in [3.05, 3.63) is 51.9 Å². The number of nitrogens with two attached hydrogens (primary N) is 1. The van der Waals surface area contributed by atoms with Crippen LogP contribution in [0.3, 0.4) is 0 Å². The fourth-order valence-corrected chi connectivity index (χ4v) is 2.01. The van der Waals surface area contributed by atoms with Gasteiger partial charge in [0.15, 0.2) is 0 Å². The molecule has 1 aromatic heterocycles. The minimum atomic E-state index is 0.414. The van der Waals surface area contributed by atoms with Crippen LogP contribution in [0.2, 0.25) is 0 Å². The van der Waals surface area contributed by atoms with E-state index in [4.69, 9.17) is 14.9 Å². The summed E-state index contributed by atoms with van der Waals surface area (Å²) in [5.41, 5.74) is 6.56. The number of halogens is 1. The largest absolute Gasteiger partial charge is 0.485 e. The zero-order valence-electron chi connectivity index (χ0n) is 9.57. The van der Waals surface area contributed by atoms with Crippen LogP contribution in [0, 0.1) is 6.92 Å². The Hall–Kier alpha value is -1.26. The van der Waals surface area contributed by atoms with Gasteiger partial charge < -0.3 is 14.9 Å². The fraction of sp³-hybridized carbons (Fsp3) is 0.231. The van der Waals surface area contributed by atoms with Crippen LogP contribution in [-0.4, -0.2) is 0 Å². The molecule has 0 aliphatic rings. The van der Waals surface area contributed by atoms with Gasteiger partial charge in [0.2, 0.25) is 0 Å². The first kappa shape index (κ1) is 12.2. The lowest BCUT2D eigenvalue weighted by molar-refractivity contribution is 0.264. The summed E-state index contributed by atoms with van der Waals surface area (Å²) >= 11 is 3.42. The van der Waals surface area contributed by atoms with Gasteiger partial charge in [-0.2, -0.15) is 0 Å². The second-order valence-corrected chi connectivity index (χ2v) is 4.69. The molecule has 0 atom stereocenters. The summed E-state index contributed by atoms with van der Waals surface area (Å²) in [6.07, 6.45) is 0. The van der Waals surface area contributed by atoms with Gasteiger partial charge in [-0.3, -0.25) is 0 Å². The number of aryl methyl sites for hydroxylation is 1. The predicted molar refractivity (Wildman–Crippen MR) is 69.8 cm³/mol. The van der Waals surface area contributed by atoms with Gasteiger partial charge in [0.05, 0.1) is 6.54 Å². The van der Waals surface area contributed by atoms with E-state index in [2.05, 4.69) is 15.9 Å². The topological polar surface area (TPSA) is 48.4 Å². The highest BCUT2D eigenvalue weighted by atomic mass is 79.9. The summed E-state index contributed by atoms with van der Waals surface area (Å²) in [5.74, 6) is 2.42. The Balaban J connectivity index is 2.02. The Kier molecular flexibility index (Phi) is 3.86. The van der Waals surface area contributed by atoms with E-state index in [1.54, 1.807) is 0 Å². The summed E-state index contributed by atoms with van der Waals surface area (Å²) in [4.78, 5) is 0. The maximum absolute atomic E-state index is 5.68. The van der Waals surface area contributed by atoms with Crippen LogP contribution in [0.25, 0.3) is 0 Å². The maximum atomic E-state index is 5.68. The van der Waals surface area contributed by atoms with Crippen molar-refractivity contribution in [3.8, 4) is 5.75 Å². The predicted octanol–water partition coefficient (Wildman–Crippen LogP) is 3.39. The van der Waals surface area contributed by atoms with Gasteiger partial charge in [0.1, 0.15) is 23.9 Å². The lowest BCUT2D eigenvalue weighted by atomic mass is 10.2. The highest BCUT2D eigenvalue weighted by molar-refractivity contribution is 9.10. The molecule has 0 aliphatic heterocycles. The van der Waals surface area contributed by atoms with Gasteiger partial charge in [-0.25, -0.2) is 0 Å². The molecule has 0 fully saturated rings. The highest BCUT2D eigenvalue weighted by Gasteiger charge is 2.04. The molecule has 0 saturated heterocycles. The zero-order valence-corrected chi connectivity index (χ0v) is 11.2. The van der Waals surface area contributed by atoms with Gasteiger partial charge in [0, 0.05) is 4.47 Å². The third-order valence-electron chi connectivity index (χ3n) is 2.43. The van der Waals surface area contributed by atoms with Gasteiger partial charge in [-0.05, 0) is 42.8 Å². The summed E-state index contributed by atoms with van der Waals surface area (Å²) in [7, 11) is 0. The Bertz CT molecular complexity index is 508. The van der Waals surface area contributed by atoms with Crippen LogP contribution in [0.4, 0.5) is 0 Å². The maximum Gasteiger partial charge on any atom is 0.146 e. The molecular formula is C13H14BrNO2. The molecular weight excluding hydrogens is 282 g/mol. The smallest absolute Gasteiger partial charge is 0.146 e. The van der Waals surface area contributed by atoms with E-state index in [-0.39, 0.29) is 0 Å². The fourth-order valence-electron chi connectivity index (χ4n) is 1.53. The van der Waals surface area contributed by atoms with Crippen LogP contribution in [0.5, 0.6) is 5.75 Å². The second kappa shape index (κ2) is 5.38. The highest BCUT2D eigenvalue weighted by Crippen LogP contribution is 2.23. The average molecular weight is 296 g/mol. The number of hydrogen-bond acceptors (Lipinski definition) is 3. The minimum Gasteiger partial charge on any atom is -0.485 e. The van der Waals surface area contributed by atoms with E-state index in [1.165, 1.54) is 0 Å². The van der Waals surface area contributed by atoms with Crippen molar-refractivity contribution < 1.29 is 9.15 Å². The molecule has 4 heteroatoms. The molecule has 0 unspecified atom stereocenters. The standard InChI is InChI=1S/C13H14BrNO2/c1-9-6-10(14)2-5-13(9)16-8-12-4-3-11(7-15)17-12/h2-6H,7-8,15H2,1H3. The Labute approximate surface area is 109 Å². The normalized spacial score (nSPS) is 10.5. The van der Waals surface area contributed by atoms with Crippen LogP contribution in [0.15, 0.2) is 39.2 Å². The quantitative estimate of drug-likeness (QED) is 0.940. The van der Waals surface area contributed by atoms with Gasteiger partial charge in [-0.1, -0.05) is 15.9 Å². The summed E-state index contributed by atoms with van der Waals surface area (Å²) < 4.78 is 12.2. The van der Waals surface area contributed by atoms with Crippen molar-refractivity contribution in [2.45, 2.75) is 20.1 Å². The molecule has 0 aliphatic carbocycles. The number of furan rings is 1. The van der Waals surface area contributed by atoms with Crippen LogP contribution >= 0.6 is 15.9 Å². The summed E-state index contributed by atoms with van der Waals surface area (Å²) in [6.45, 7) is 2.84. The van der Waals surface area contributed by atoms with Crippen molar-refractivity contribution in [2.24, 2.45) is 5.73 Å². The van der Waals surface area contributed by atoms with E-state index in [9.17, 15) is 0 Å². The Morgan fingerprint density at radius 1 is 1.24 bits per heavy atom. The SMILES string of the molecule is Cc1cc(Br)ccc1OCc1ccc(CN)o1. The first-order valence-corrected chi connectivity index (χ1v) is 6.15. The molecule has 90 valence electrons. The molecule has 2 aromatic rings. The van der Waals surface area contributed by atoms with Crippen molar-refractivity contribution in [3.63, 3.8) is 0 Å². The molecule has 0 spiro atoms. The molecule has 0 radical (unpaired) electrons. The van der Waals surface area contributed by atoms with Crippen LogP contribution in [-0.2, 0) is 13.2 Å². The van der Waals surface area contributed by atoms with Crippen molar-refractivity contribution in [1.29, 1.82) is 0 Å². The molecule has 17 heavy (non-hydrogen) atoms. The lowest BCUT2D eigenvalue weighted by Gasteiger charge is -2.07. The molecule has 2 rings (SSSR count). The van der Waals surface area contributed by atoms with Gasteiger partial charge in [-0.15, -0.1) is 0 Å². The van der Waals surface area contributed by atoms with Crippen molar-refractivity contribution in [2.75, 3.05) is 0 Å². The van der Waals surface area contributed by atoms with E-state index in [0.29, 0.717) is 13.2 Å². The number of hydrogen-bond donors (Lipinski definition) is 1. The monoisotopic (exact) mass is 295 g/mol. The number of rotatable bonds is 4. The van der Waals surface area contributed by atoms with Crippen molar-refractivity contribution >= 4 is 15.9 Å². The Morgan fingerprint density at radius 2 is 2.00 bits per heavy atom. The third kappa shape index (κ3) is 3.11. The molecule has 0 amide bonds. The first-order valence-electron chi connectivity index (χ1n) is 5.35. The van der Waals surface area contributed by atoms with Crippen LogP contribution < -0.4 is 10.5 Å². The second-order valence-electron chi connectivity index (χ2n) is 3.77. The van der Waals surface area contributed by atoms with E-state index < -0.39 is 0 Å². The van der Waals surface area contributed by atoms with Crippen LogP contribution in [0.1, 0.15) is 17.1 Å². The van der Waals surface area contributed by atoms with Crippen molar-refractivity contribution in [1.82, 2.24) is 0 Å². The molecule has 0 saturated carbocycles. The third-order valence-corrected chi connectivity index (χ3v) is 2.92. The first-order chi connectivity index (χ1) is 8.19. The molecule has 2 N–H and O–H groups in total. The zero-order chi connectivity index (χ0) is 12.3. The van der Waals surface area contributed by atoms with E-state index >= 15 is 0 Å². The Morgan fingerprint density at radius 3 is 2.65 bits per heavy atom. The number of ether oxygens (including phenoxy) is 1. The molecule has 1 heterocycles. The molecule has 1 aromatic carbocycles. The van der Waals surface area contributed by atoms with E-state index in [1.807, 2.05) is 37.3 Å². The minimum absolute atomic E-state index is 0.414. The molecule has 3 nitrogen and oxygen atoms in total. The molecule has 0 bridgehead atoms. The average Bonchev–Trinajstić information content (AvgIpc) is 2.76. The van der Waals surface area contributed by atoms with E-state index in [0.717, 1.165) is 27.3 Å². The summed E-state index contributed by atoms with van der Waals surface area (Å²) in [5, 5.41) is 0. The van der Waals surface area contributed by atoms with Gasteiger partial charge in [0.25, 0.3) is 0 Å². The van der Waals surface area contributed by atoms with Gasteiger partial charge >= 0.3 is 0 Å².